The molecule has 0 aliphatic carbocycles. The van der Waals surface area contributed by atoms with Crippen LogP contribution in [0, 0.1) is 5.92 Å². The van der Waals surface area contributed by atoms with Gasteiger partial charge in [-0.1, -0.05) is 72.3 Å². The molecule has 200 valence electrons. The highest BCUT2D eigenvalue weighted by Gasteiger charge is 2.28. The van der Waals surface area contributed by atoms with Gasteiger partial charge < -0.3 is 21.3 Å². The van der Waals surface area contributed by atoms with Crippen LogP contribution in [0.25, 0.3) is 10.8 Å². The average Bonchev–Trinajstić information content (AvgIpc) is 3.07. The number of piperidine rings is 1. The molecule has 4 N–H and O–H groups in total. The summed E-state index contributed by atoms with van der Waals surface area (Å²) in [6.07, 6.45) is 11.3. The molecule has 0 spiro atoms. The van der Waals surface area contributed by atoms with E-state index in [0.29, 0.717) is 19.3 Å². The number of carbonyl (C=O) groups is 3. The van der Waals surface area contributed by atoms with Crippen LogP contribution in [0.15, 0.2) is 77.7 Å². The summed E-state index contributed by atoms with van der Waals surface area (Å²) in [7, 11) is 0. The molecule has 0 saturated carbocycles. The fraction of sp³-hybridized carbons (Fsp3) is 0.367. The average molecular weight is 533 g/mol. The lowest BCUT2D eigenvalue weighted by atomic mass is 9.95. The third kappa shape index (κ3) is 8.07. The van der Waals surface area contributed by atoms with Crippen molar-refractivity contribution in [3.8, 4) is 0 Å². The number of rotatable bonds is 10. The third-order valence-corrected chi connectivity index (χ3v) is 7.79. The minimum Gasteiger partial charge on any atom is -0.344 e. The minimum atomic E-state index is -0.771. The van der Waals surface area contributed by atoms with E-state index in [1.807, 2.05) is 54.6 Å². The molecule has 1 saturated heterocycles. The van der Waals surface area contributed by atoms with Gasteiger partial charge in [0.25, 0.3) is 0 Å². The Kier molecular flexibility index (Phi) is 10.6. The van der Waals surface area contributed by atoms with Gasteiger partial charge in [-0.2, -0.15) is 0 Å². The van der Waals surface area contributed by atoms with E-state index in [2.05, 4.69) is 38.8 Å². The SMILES string of the molecule is O=CN[C@@H](C/C1=C/SC/C=C\C=C/C1)NC(=O)[C@@H](Cc1cccc2ccccc12)NC(=O)C1CCNCC1. The van der Waals surface area contributed by atoms with Crippen LogP contribution in [-0.4, -0.2) is 49.3 Å². The number of hydrogen-bond acceptors (Lipinski definition) is 5. The molecule has 38 heavy (non-hydrogen) atoms. The number of hydrogen-bond donors (Lipinski definition) is 4. The van der Waals surface area contributed by atoms with E-state index in [0.717, 1.165) is 60.0 Å². The van der Waals surface area contributed by atoms with Crippen molar-refractivity contribution in [2.24, 2.45) is 5.92 Å². The lowest BCUT2D eigenvalue weighted by Crippen LogP contribution is -2.55. The monoisotopic (exact) mass is 532 g/mol. The van der Waals surface area contributed by atoms with Crippen LogP contribution in [0.5, 0.6) is 0 Å². The molecule has 2 aliphatic rings. The second-order valence-electron chi connectivity index (χ2n) is 9.65. The van der Waals surface area contributed by atoms with E-state index >= 15 is 0 Å². The fourth-order valence-corrected chi connectivity index (χ4v) is 5.62. The quantitative estimate of drug-likeness (QED) is 0.277. The molecule has 8 heteroatoms. The van der Waals surface area contributed by atoms with Gasteiger partial charge in [0, 0.05) is 24.5 Å². The van der Waals surface area contributed by atoms with E-state index in [4.69, 9.17) is 0 Å². The minimum absolute atomic E-state index is 0.0974. The molecule has 1 fully saturated rings. The van der Waals surface area contributed by atoms with Crippen LogP contribution < -0.4 is 21.3 Å². The van der Waals surface area contributed by atoms with Gasteiger partial charge >= 0.3 is 0 Å². The van der Waals surface area contributed by atoms with Crippen molar-refractivity contribution in [3.63, 3.8) is 0 Å². The molecule has 4 rings (SSSR count). The van der Waals surface area contributed by atoms with Crippen molar-refractivity contribution in [1.29, 1.82) is 0 Å². The van der Waals surface area contributed by atoms with E-state index in [1.54, 1.807) is 11.8 Å². The van der Waals surface area contributed by atoms with E-state index in [9.17, 15) is 14.4 Å². The predicted molar refractivity (Wildman–Crippen MR) is 154 cm³/mol. The van der Waals surface area contributed by atoms with Crippen LogP contribution in [0.2, 0.25) is 0 Å². The zero-order valence-corrected chi connectivity index (χ0v) is 22.3. The van der Waals surface area contributed by atoms with Gasteiger partial charge in [0.15, 0.2) is 0 Å². The predicted octanol–water partition coefficient (Wildman–Crippen LogP) is 3.58. The molecule has 0 bridgehead atoms. The number of amides is 3. The van der Waals surface area contributed by atoms with Crippen LogP contribution in [0.1, 0.15) is 31.2 Å². The zero-order chi connectivity index (χ0) is 26.6. The van der Waals surface area contributed by atoms with Gasteiger partial charge in [-0.05, 0) is 54.1 Å². The summed E-state index contributed by atoms with van der Waals surface area (Å²) in [6.45, 7) is 1.58. The van der Waals surface area contributed by atoms with Crippen molar-refractivity contribution in [3.05, 3.63) is 83.3 Å². The second-order valence-corrected chi connectivity index (χ2v) is 10.5. The van der Waals surface area contributed by atoms with Crippen LogP contribution in [0.4, 0.5) is 0 Å². The standard InChI is InChI=1S/C30H36N4O3S/c35-21-32-28(18-22-8-3-1-2-6-17-38-20-22)34-30(37)27(33-29(36)24-13-15-31-16-14-24)19-25-11-7-10-23-9-4-5-12-26(23)25/h1-7,9-12,20-21,24,27-28,31H,8,13-19H2,(H,32,35)(H,33,36)(H,34,37)/b3-1-,6-2-,22-20+/t27-,28-/m1/s1. The highest BCUT2D eigenvalue weighted by atomic mass is 32.2. The first kappa shape index (κ1) is 27.7. The Labute approximate surface area is 228 Å². The topological polar surface area (TPSA) is 99.3 Å². The Balaban J connectivity index is 1.52. The van der Waals surface area contributed by atoms with Crippen molar-refractivity contribution < 1.29 is 14.4 Å². The van der Waals surface area contributed by atoms with Gasteiger partial charge in [-0.15, -0.1) is 11.8 Å². The summed E-state index contributed by atoms with van der Waals surface area (Å²) in [5, 5.41) is 16.3. The number of allylic oxidation sites excluding steroid dienone is 3. The highest BCUT2D eigenvalue weighted by Crippen LogP contribution is 2.21. The Morgan fingerprint density at radius 3 is 2.63 bits per heavy atom. The Morgan fingerprint density at radius 2 is 1.79 bits per heavy atom. The first-order chi connectivity index (χ1) is 18.6. The molecule has 2 aliphatic heterocycles. The molecular formula is C30H36N4O3S. The molecule has 7 nitrogen and oxygen atoms in total. The summed E-state index contributed by atoms with van der Waals surface area (Å²) in [6, 6.07) is 13.3. The van der Waals surface area contributed by atoms with E-state index in [-0.39, 0.29) is 17.7 Å². The zero-order valence-electron chi connectivity index (χ0n) is 21.5. The maximum absolute atomic E-state index is 13.7. The largest absolute Gasteiger partial charge is 0.344 e. The Bertz CT molecular complexity index is 1200. The number of nitrogens with one attached hydrogen (secondary N) is 4. The molecular weight excluding hydrogens is 496 g/mol. The summed E-state index contributed by atoms with van der Waals surface area (Å²) < 4.78 is 0. The van der Waals surface area contributed by atoms with E-state index in [1.165, 1.54) is 0 Å². The summed E-state index contributed by atoms with van der Waals surface area (Å²) >= 11 is 1.68. The number of carbonyl (C=O) groups excluding carboxylic acids is 3. The smallest absolute Gasteiger partial charge is 0.244 e. The molecule has 2 aromatic rings. The fourth-order valence-electron chi connectivity index (χ4n) is 4.87. The Morgan fingerprint density at radius 1 is 1.00 bits per heavy atom. The first-order valence-corrected chi connectivity index (χ1v) is 14.3. The van der Waals surface area contributed by atoms with Gasteiger partial charge in [0.2, 0.25) is 18.2 Å². The maximum atomic E-state index is 13.7. The summed E-state index contributed by atoms with van der Waals surface area (Å²) in [4.78, 5) is 38.3. The van der Waals surface area contributed by atoms with E-state index < -0.39 is 12.2 Å². The second kappa shape index (κ2) is 14.5. The summed E-state index contributed by atoms with van der Waals surface area (Å²) in [5.74, 6) is 0.333. The molecule has 2 heterocycles. The van der Waals surface area contributed by atoms with Crippen molar-refractivity contribution >= 4 is 40.8 Å². The lowest BCUT2D eigenvalue weighted by molar-refractivity contribution is -0.132. The molecule has 0 radical (unpaired) electrons. The van der Waals surface area contributed by atoms with Crippen LogP contribution >= 0.6 is 11.8 Å². The lowest BCUT2D eigenvalue weighted by Gasteiger charge is -2.27. The molecule has 2 atom stereocenters. The van der Waals surface area contributed by atoms with Crippen LogP contribution in [0.3, 0.4) is 0 Å². The number of thioether (sulfide) groups is 1. The molecule has 3 amide bonds. The highest BCUT2D eigenvalue weighted by molar-refractivity contribution is 8.02. The van der Waals surface area contributed by atoms with Gasteiger partial charge in [-0.25, -0.2) is 0 Å². The number of benzene rings is 2. The van der Waals surface area contributed by atoms with Gasteiger partial charge in [-0.3, -0.25) is 14.4 Å². The maximum Gasteiger partial charge on any atom is 0.244 e. The van der Waals surface area contributed by atoms with Crippen molar-refractivity contribution in [2.75, 3.05) is 18.8 Å². The first-order valence-electron chi connectivity index (χ1n) is 13.2. The van der Waals surface area contributed by atoms with Crippen LogP contribution in [-0.2, 0) is 20.8 Å². The molecule has 0 aromatic heterocycles. The van der Waals surface area contributed by atoms with Gasteiger partial charge in [0.1, 0.15) is 12.2 Å². The third-order valence-electron chi connectivity index (χ3n) is 6.90. The van der Waals surface area contributed by atoms with Crippen molar-refractivity contribution in [2.45, 2.75) is 44.3 Å². The summed E-state index contributed by atoms with van der Waals surface area (Å²) in [5.41, 5.74) is 2.10. The van der Waals surface area contributed by atoms with Crippen molar-refractivity contribution in [1.82, 2.24) is 21.3 Å². The van der Waals surface area contributed by atoms with Gasteiger partial charge in [0.05, 0.1) is 0 Å². The molecule has 2 aromatic carbocycles. The Hall–Kier alpha value is -3.36. The molecule has 0 unspecified atom stereocenters. The number of fused-ring (bicyclic) bond motifs is 1. The normalized spacial score (nSPS) is 20.9.